The standard InChI is InChI=1S/C13H12INO3S/c1-19(16,17)11-5-6-13(12(15)8-11)18-10-4-2-3-9(14)7-10/h2-8H,15H2,1H3. The van der Waals surface area contributed by atoms with Crippen LogP contribution in [0.1, 0.15) is 0 Å². The van der Waals surface area contributed by atoms with Gasteiger partial charge in [-0.2, -0.15) is 0 Å². The van der Waals surface area contributed by atoms with E-state index < -0.39 is 9.84 Å². The SMILES string of the molecule is CS(=O)(=O)c1ccc(Oc2cccc(I)c2)c(N)c1. The maximum Gasteiger partial charge on any atom is 0.175 e. The Morgan fingerprint density at radius 1 is 1.16 bits per heavy atom. The van der Waals surface area contributed by atoms with E-state index in [0.717, 1.165) is 9.83 Å². The van der Waals surface area contributed by atoms with Crippen LogP contribution in [-0.2, 0) is 9.84 Å². The minimum Gasteiger partial charge on any atom is -0.455 e. The van der Waals surface area contributed by atoms with Gasteiger partial charge in [0.15, 0.2) is 9.84 Å². The van der Waals surface area contributed by atoms with Crippen molar-refractivity contribution in [2.45, 2.75) is 4.90 Å². The number of hydrogen-bond donors (Lipinski definition) is 1. The maximum absolute atomic E-state index is 11.4. The lowest BCUT2D eigenvalue weighted by molar-refractivity contribution is 0.484. The number of rotatable bonds is 3. The lowest BCUT2D eigenvalue weighted by Gasteiger charge is -2.09. The first-order chi connectivity index (χ1) is 8.86. The van der Waals surface area contributed by atoms with Crippen LogP contribution < -0.4 is 10.5 Å². The monoisotopic (exact) mass is 389 g/mol. The van der Waals surface area contributed by atoms with Crippen LogP contribution in [0.3, 0.4) is 0 Å². The molecule has 0 aliphatic heterocycles. The Labute approximate surface area is 125 Å². The molecule has 0 radical (unpaired) electrons. The van der Waals surface area contributed by atoms with Crippen LogP contribution >= 0.6 is 22.6 Å². The third-order valence-electron chi connectivity index (χ3n) is 2.43. The van der Waals surface area contributed by atoms with E-state index in [1.54, 1.807) is 6.07 Å². The molecule has 0 atom stereocenters. The fraction of sp³-hybridized carbons (Fsp3) is 0.0769. The second-order valence-electron chi connectivity index (χ2n) is 4.03. The van der Waals surface area contributed by atoms with Crippen molar-refractivity contribution >= 4 is 38.1 Å². The first-order valence-electron chi connectivity index (χ1n) is 5.39. The average molecular weight is 389 g/mol. The molecule has 2 aromatic rings. The highest BCUT2D eigenvalue weighted by atomic mass is 127. The second-order valence-corrected chi connectivity index (χ2v) is 7.29. The molecule has 0 aliphatic carbocycles. The minimum absolute atomic E-state index is 0.181. The molecule has 4 nitrogen and oxygen atoms in total. The van der Waals surface area contributed by atoms with Crippen LogP contribution in [0.2, 0.25) is 0 Å². The molecule has 0 bridgehead atoms. The molecule has 0 saturated heterocycles. The Morgan fingerprint density at radius 3 is 2.47 bits per heavy atom. The molecule has 0 fully saturated rings. The average Bonchev–Trinajstić information content (AvgIpc) is 2.30. The summed E-state index contributed by atoms with van der Waals surface area (Å²) in [6.07, 6.45) is 1.14. The molecular formula is C13H12INO3S. The van der Waals surface area contributed by atoms with Gasteiger partial charge < -0.3 is 10.5 Å². The number of nitrogen functional groups attached to an aromatic ring is 1. The van der Waals surface area contributed by atoms with Crippen LogP contribution in [0.5, 0.6) is 11.5 Å². The quantitative estimate of drug-likeness (QED) is 0.647. The van der Waals surface area contributed by atoms with Gasteiger partial charge in [-0.1, -0.05) is 6.07 Å². The molecule has 2 aromatic carbocycles. The maximum atomic E-state index is 11.4. The summed E-state index contributed by atoms with van der Waals surface area (Å²) in [6, 6.07) is 11.9. The highest BCUT2D eigenvalue weighted by Gasteiger charge is 2.10. The largest absolute Gasteiger partial charge is 0.455 e. The first-order valence-corrected chi connectivity index (χ1v) is 8.36. The zero-order valence-corrected chi connectivity index (χ0v) is 13.1. The molecule has 0 spiro atoms. The molecule has 6 heteroatoms. The Kier molecular flexibility index (Phi) is 4.00. The van der Waals surface area contributed by atoms with Crippen molar-refractivity contribution in [3.8, 4) is 11.5 Å². The minimum atomic E-state index is -3.26. The Morgan fingerprint density at radius 2 is 1.89 bits per heavy atom. The van der Waals surface area contributed by atoms with E-state index in [4.69, 9.17) is 10.5 Å². The van der Waals surface area contributed by atoms with E-state index >= 15 is 0 Å². The van der Waals surface area contributed by atoms with Gasteiger partial charge in [-0.25, -0.2) is 8.42 Å². The van der Waals surface area contributed by atoms with Crippen molar-refractivity contribution in [2.24, 2.45) is 0 Å². The normalized spacial score (nSPS) is 11.3. The fourth-order valence-corrected chi connectivity index (χ4v) is 2.68. The molecular weight excluding hydrogens is 377 g/mol. The number of halogens is 1. The summed E-state index contributed by atoms with van der Waals surface area (Å²) in [6.45, 7) is 0. The van der Waals surface area contributed by atoms with E-state index in [-0.39, 0.29) is 4.90 Å². The van der Waals surface area contributed by atoms with E-state index in [9.17, 15) is 8.42 Å². The lowest BCUT2D eigenvalue weighted by atomic mass is 10.3. The summed E-state index contributed by atoms with van der Waals surface area (Å²) in [7, 11) is -3.26. The number of sulfone groups is 1. The number of ether oxygens (including phenoxy) is 1. The van der Waals surface area contributed by atoms with E-state index in [2.05, 4.69) is 22.6 Å². The molecule has 0 heterocycles. The molecule has 0 aliphatic rings. The van der Waals surface area contributed by atoms with Crippen molar-refractivity contribution < 1.29 is 13.2 Å². The van der Waals surface area contributed by atoms with E-state index in [1.807, 2.05) is 24.3 Å². The predicted molar refractivity (Wildman–Crippen MR) is 83.2 cm³/mol. The van der Waals surface area contributed by atoms with Crippen molar-refractivity contribution in [2.75, 3.05) is 12.0 Å². The molecule has 2 rings (SSSR count). The Balaban J connectivity index is 2.32. The highest BCUT2D eigenvalue weighted by molar-refractivity contribution is 14.1. The van der Waals surface area contributed by atoms with Gasteiger partial charge in [0, 0.05) is 9.83 Å². The molecule has 0 amide bonds. The van der Waals surface area contributed by atoms with Crippen LogP contribution in [0, 0.1) is 3.57 Å². The molecule has 2 N–H and O–H groups in total. The molecule has 100 valence electrons. The summed E-state index contributed by atoms with van der Waals surface area (Å²) >= 11 is 2.18. The summed E-state index contributed by atoms with van der Waals surface area (Å²) in [5.74, 6) is 1.10. The van der Waals surface area contributed by atoms with Gasteiger partial charge in [0.25, 0.3) is 0 Å². The van der Waals surface area contributed by atoms with Gasteiger partial charge in [-0.3, -0.25) is 0 Å². The molecule has 19 heavy (non-hydrogen) atoms. The first kappa shape index (κ1) is 14.1. The smallest absolute Gasteiger partial charge is 0.175 e. The zero-order valence-electron chi connectivity index (χ0n) is 10.1. The highest BCUT2D eigenvalue weighted by Crippen LogP contribution is 2.30. The van der Waals surface area contributed by atoms with E-state index in [1.165, 1.54) is 12.1 Å². The van der Waals surface area contributed by atoms with Crippen LogP contribution in [0.25, 0.3) is 0 Å². The zero-order chi connectivity index (χ0) is 14.0. The third-order valence-corrected chi connectivity index (χ3v) is 4.21. The Hall–Kier alpha value is -1.28. The number of nitrogens with two attached hydrogens (primary N) is 1. The second kappa shape index (κ2) is 5.38. The Bertz CT molecular complexity index is 714. The lowest BCUT2D eigenvalue weighted by Crippen LogP contribution is -1.99. The van der Waals surface area contributed by atoms with Gasteiger partial charge in [0.2, 0.25) is 0 Å². The van der Waals surface area contributed by atoms with Gasteiger partial charge in [-0.15, -0.1) is 0 Å². The van der Waals surface area contributed by atoms with Gasteiger partial charge >= 0.3 is 0 Å². The van der Waals surface area contributed by atoms with Gasteiger partial charge in [0.05, 0.1) is 10.6 Å². The predicted octanol–water partition coefficient (Wildman–Crippen LogP) is 3.07. The molecule has 0 saturated carbocycles. The summed E-state index contributed by atoms with van der Waals surface area (Å²) in [4.78, 5) is 0.181. The van der Waals surface area contributed by atoms with Gasteiger partial charge in [-0.05, 0) is 59.0 Å². The van der Waals surface area contributed by atoms with Crippen LogP contribution in [0.15, 0.2) is 47.4 Å². The van der Waals surface area contributed by atoms with Crippen molar-refractivity contribution in [1.82, 2.24) is 0 Å². The van der Waals surface area contributed by atoms with E-state index in [0.29, 0.717) is 17.2 Å². The molecule has 0 aromatic heterocycles. The van der Waals surface area contributed by atoms with Crippen molar-refractivity contribution in [1.29, 1.82) is 0 Å². The molecule has 0 unspecified atom stereocenters. The van der Waals surface area contributed by atoms with Crippen molar-refractivity contribution in [3.05, 3.63) is 46.0 Å². The van der Waals surface area contributed by atoms with Gasteiger partial charge in [0.1, 0.15) is 11.5 Å². The number of hydrogen-bond acceptors (Lipinski definition) is 4. The topological polar surface area (TPSA) is 69.4 Å². The number of anilines is 1. The fourth-order valence-electron chi connectivity index (χ4n) is 1.51. The third kappa shape index (κ3) is 3.60. The van der Waals surface area contributed by atoms with Crippen molar-refractivity contribution in [3.63, 3.8) is 0 Å². The summed E-state index contributed by atoms with van der Waals surface area (Å²) in [5.41, 5.74) is 6.11. The summed E-state index contributed by atoms with van der Waals surface area (Å²) < 4.78 is 29.5. The number of benzene rings is 2. The van der Waals surface area contributed by atoms with Crippen LogP contribution in [0.4, 0.5) is 5.69 Å². The summed E-state index contributed by atoms with van der Waals surface area (Å²) in [5, 5.41) is 0. The van der Waals surface area contributed by atoms with Crippen LogP contribution in [-0.4, -0.2) is 14.7 Å².